The maximum atomic E-state index is 12.6. The zero-order chi connectivity index (χ0) is 21.0. The van der Waals surface area contributed by atoms with Crippen LogP contribution in [0.4, 0.5) is 0 Å². The van der Waals surface area contributed by atoms with Crippen molar-refractivity contribution in [2.24, 2.45) is 0 Å². The SMILES string of the molecule is O=C(OCC(=O)N1CCN(S(=O)(=O)c2ccccc2)CC1)c1cccc(Cl)c1Cl. The summed E-state index contributed by atoms with van der Waals surface area (Å²) in [5, 5.41) is 0.273. The summed E-state index contributed by atoms with van der Waals surface area (Å²) >= 11 is 11.8. The van der Waals surface area contributed by atoms with Gasteiger partial charge in [0, 0.05) is 26.2 Å². The Labute approximate surface area is 178 Å². The van der Waals surface area contributed by atoms with Crippen molar-refractivity contribution in [2.75, 3.05) is 32.8 Å². The van der Waals surface area contributed by atoms with Crippen molar-refractivity contribution in [1.82, 2.24) is 9.21 Å². The third-order valence-electron chi connectivity index (χ3n) is 4.47. The van der Waals surface area contributed by atoms with Crippen molar-refractivity contribution in [3.63, 3.8) is 0 Å². The molecule has 0 saturated carbocycles. The van der Waals surface area contributed by atoms with Gasteiger partial charge in [0.1, 0.15) is 0 Å². The van der Waals surface area contributed by atoms with Crippen molar-refractivity contribution >= 4 is 45.1 Å². The van der Waals surface area contributed by atoms with Gasteiger partial charge >= 0.3 is 5.97 Å². The molecule has 10 heteroatoms. The molecular weight excluding hydrogens is 439 g/mol. The lowest BCUT2D eigenvalue weighted by atomic mass is 10.2. The average Bonchev–Trinajstić information content (AvgIpc) is 2.74. The summed E-state index contributed by atoms with van der Waals surface area (Å²) in [6.45, 7) is 0.280. The number of amides is 1. The highest BCUT2D eigenvalue weighted by atomic mass is 35.5. The van der Waals surface area contributed by atoms with Crippen LogP contribution in [0, 0.1) is 0 Å². The topological polar surface area (TPSA) is 84.0 Å². The van der Waals surface area contributed by atoms with Crippen molar-refractivity contribution < 1.29 is 22.7 Å². The Bertz CT molecular complexity index is 1010. The summed E-state index contributed by atoms with van der Waals surface area (Å²) in [5.41, 5.74) is 0.0748. The Balaban J connectivity index is 1.54. The first-order chi connectivity index (χ1) is 13.8. The van der Waals surface area contributed by atoms with Crippen LogP contribution in [0.15, 0.2) is 53.4 Å². The first kappa shape index (κ1) is 21.6. The number of esters is 1. The van der Waals surface area contributed by atoms with Crippen molar-refractivity contribution in [2.45, 2.75) is 4.90 Å². The lowest BCUT2D eigenvalue weighted by Crippen LogP contribution is -2.51. The molecule has 1 heterocycles. The van der Waals surface area contributed by atoms with Crippen LogP contribution < -0.4 is 0 Å². The molecule has 1 amide bonds. The van der Waals surface area contributed by atoms with E-state index in [9.17, 15) is 18.0 Å². The number of hydrogen-bond acceptors (Lipinski definition) is 5. The predicted molar refractivity (Wildman–Crippen MR) is 109 cm³/mol. The summed E-state index contributed by atoms with van der Waals surface area (Å²) in [7, 11) is -3.60. The summed E-state index contributed by atoms with van der Waals surface area (Å²) in [6.07, 6.45) is 0. The Morgan fingerprint density at radius 3 is 2.24 bits per heavy atom. The monoisotopic (exact) mass is 456 g/mol. The van der Waals surface area contributed by atoms with Crippen LogP contribution in [-0.4, -0.2) is 62.3 Å². The summed E-state index contributed by atoms with van der Waals surface area (Å²) in [5.74, 6) is -1.16. The van der Waals surface area contributed by atoms with E-state index in [0.29, 0.717) is 0 Å². The lowest BCUT2D eigenvalue weighted by Gasteiger charge is -2.33. The van der Waals surface area contributed by atoms with Crippen LogP contribution in [0.1, 0.15) is 10.4 Å². The third-order valence-corrected chi connectivity index (χ3v) is 7.20. The van der Waals surface area contributed by atoms with E-state index >= 15 is 0 Å². The molecule has 0 spiro atoms. The highest BCUT2D eigenvalue weighted by Gasteiger charge is 2.30. The number of piperazine rings is 1. The summed E-state index contributed by atoms with van der Waals surface area (Å²) in [4.78, 5) is 26.1. The fourth-order valence-electron chi connectivity index (χ4n) is 2.88. The largest absolute Gasteiger partial charge is 0.452 e. The molecule has 29 heavy (non-hydrogen) atoms. The van der Waals surface area contributed by atoms with Gasteiger partial charge in [-0.15, -0.1) is 0 Å². The van der Waals surface area contributed by atoms with Gasteiger partial charge in [0.05, 0.1) is 20.5 Å². The van der Waals surface area contributed by atoms with E-state index in [1.165, 1.54) is 33.5 Å². The minimum atomic E-state index is -3.60. The second kappa shape index (κ2) is 9.13. The van der Waals surface area contributed by atoms with Gasteiger partial charge in [0.2, 0.25) is 10.0 Å². The van der Waals surface area contributed by atoms with Gasteiger partial charge in [-0.3, -0.25) is 4.79 Å². The molecule has 2 aromatic carbocycles. The number of halogens is 2. The van der Waals surface area contributed by atoms with Crippen molar-refractivity contribution in [3.8, 4) is 0 Å². The van der Waals surface area contributed by atoms with Crippen molar-refractivity contribution in [3.05, 3.63) is 64.1 Å². The van der Waals surface area contributed by atoms with Gasteiger partial charge in [-0.25, -0.2) is 13.2 Å². The van der Waals surface area contributed by atoms with E-state index < -0.39 is 28.5 Å². The molecule has 0 unspecified atom stereocenters. The van der Waals surface area contributed by atoms with Gasteiger partial charge in [0.25, 0.3) is 5.91 Å². The van der Waals surface area contributed by atoms with Gasteiger partial charge in [0.15, 0.2) is 6.61 Å². The molecule has 0 aromatic heterocycles. The van der Waals surface area contributed by atoms with E-state index in [2.05, 4.69) is 0 Å². The molecule has 1 aliphatic heterocycles. The first-order valence-electron chi connectivity index (χ1n) is 8.75. The second-order valence-corrected chi connectivity index (χ2v) is 9.00. The van der Waals surface area contributed by atoms with Gasteiger partial charge in [-0.05, 0) is 24.3 Å². The summed E-state index contributed by atoms with van der Waals surface area (Å²) < 4.78 is 31.6. The summed E-state index contributed by atoms with van der Waals surface area (Å²) in [6, 6.07) is 12.7. The Morgan fingerprint density at radius 2 is 1.59 bits per heavy atom. The number of nitrogens with zero attached hydrogens (tertiary/aromatic N) is 2. The number of carbonyl (C=O) groups excluding carboxylic acids is 2. The maximum Gasteiger partial charge on any atom is 0.340 e. The molecule has 2 aromatic rings. The maximum absolute atomic E-state index is 12.6. The zero-order valence-corrected chi connectivity index (χ0v) is 17.6. The van der Waals surface area contributed by atoms with E-state index in [1.54, 1.807) is 24.3 Å². The van der Waals surface area contributed by atoms with Gasteiger partial charge in [-0.2, -0.15) is 4.31 Å². The van der Waals surface area contributed by atoms with E-state index in [0.717, 1.165) is 0 Å². The van der Waals surface area contributed by atoms with E-state index in [1.807, 2.05) is 0 Å². The smallest absolute Gasteiger partial charge is 0.340 e. The van der Waals surface area contributed by atoms with Gasteiger partial charge in [-0.1, -0.05) is 47.5 Å². The molecule has 7 nitrogen and oxygen atoms in total. The van der Waals surface area contributed by atoms with Gasteiger partial charge < -0.3 is 9.64 Å². The minimum absolute atomic E-state index is 0.0614. The lowest BCUT2D eigenvalue weighted by molar-refractivity contribution is -0.135. The molecule has 0 radical (unpaired) electrons. The van der Waals surface area contributed by atoms with Crippen LogP contribution in [0.5, 0.6) is 0 Å². The second-order valence-electron chi connectivity index (χ2n) is 6.28. The Kier molecular flexibility index (Phi) is 6.79. The number of rotatable bonds is 5. The third kappa shape index (κ3) is 4.90. The first-order valence-corrected chi connectivity index (χ1v) is 10.9. The van der Waals surface area contributed by atoms with Crippen LogP contribution in [-0.2, 0) is 19.6 Å². The van der Waals surface area contributed by atoms with Crippen LogP contribution >= 0.6 is 23.2 Å². The average molecular weight is 457 g/mol. The number of sulfonamides is 1. The predicted octanol–water partition coefficient (Wildman–Crippen LogP) is 2.68. The highest BCUT2D eigenvalue weighted by molar-refractivity contribution is 7.89. The number of hydrogen-bond donors (Lipinski definition) is 0. The fourth-order valence-corrected chi connectivity index (χ4v) is 4.70. The Morgan fingerprint density at radius 1 is 0.931 bits per heavy atom. The Hall–Kier alpha value is -2.13. The van der Waals surface area contributed by atoms with E-state index in [-0.39, 0.29) is 46.7 Å². The number of ether oxygens (including phenoxy) is 1. The molecule has 1 aliphatic rings. The van der Waals surface area contributed by atoms with Crippen molar-refractivity contribution in [1.29, 1.82) is 0 Å². The molecule has 0 atom stereocenters. The molecule has 154 valence electrons. The number of benzene rings is 2. The quantitative estimate of drug-likeness (QED) is 0.645. The molecule has 0 N–H and O–H groups in total. The van der Waals surface area contributed by atoms with Crippen LogP contribution in [0.3, 0.4) is 0 Å². The molecule has 3 rings (SSSR count). The molecule has 1 fully saturated rings. The normalized spacial score (nSPS) is 15.2. The molecule has 1 saturated heterocycles. The van der Waals surface area contributed by atoms with Crippen LogP contribution in [0.25, 0.3) is 0 Å². The molecule has 0 bridgehead atoms. The standard InChI is InChI=1S/C19H18Cl2N2O5S/c20-16-8-4-7-15(18(16)21)19(25)28-13-17(24)22-9-11-23(12-10-22)29(26,27)14-5-2-1-3-6-14/h1-8H,9-13H2. The zero-order valence-electron chi connectivity index (χ0n) is 15.3. The minimum Gasteiger partial charge on any atom is -0.452 e. The molecular formula is C19H18Cl2N2O5S. The highest BCUT2D eigenvalue weighted by Crippen LogP contribution is 2.26. The molecule has 0 aliphatic carbocycles. The fraction of sp³-hybridized carbons (Fsp3) is 0.263. The van der Waals surface area contributed by atoms with E-state index in [4.69, 9.17) is 27.9 Å². The van der Waals surface area contributed by atoms with Crippen LogP contribution in [0.2, 0.25) is 10.0 Å². The number of carbonyl (C=O) groups is 2.